The van der Waals surface area contributed by atoms with Crippen molar-refractivity contribution in [2.24, 2.45) is 0 Å². The lowest BCUT2D eigenvalue weighted by Gasteiger charge is -2.11. The Morgan fingerprint density at radius 3 is 2.17 bits per heavy atom. The van der Waals surface area contributed by atoms with Crippen molar-refractivity contribution in [2.45, 2.75) is 4.90 Å². The normalized spacial score (nSPS) is 11.0. The molecule has 150 valence electrons. The lowest BCUT2D eigenvalue weighted by atomic mass is 10.2. The molecule has 0 atom stereocenters. The third-order valence-corrected chi connectivity index (χ3v) is 5.93. The van der Waals surface area contributed by atoms with Gasteiger partial charge in [0.05, 0.1) is 33.3 Å². The van der Waals surface area contributed by atoms with Crippen LogP contribution in [0.25, 0.3) is 0 Å². The molecule has 0 aliphatic carbocycles. The highest BCUT2D eigenvalue weighted by atomic mass is 35.5. The number of sulfonamides is 1. The first-order valence-electron chi connectivity index (χ1n) is 8.32. The van der Waals surface area contributed by atoms with Crippen LogP contribution in [0.1, 0.15) is 10.4 Å². The standard InChI is InChI=1S/C20H16Cl2N2O4S/c1-28-19-10-8-13(11-18(19)22)23-20(25)16-9-7-14(12-17(16)21)24-29(26,27)15-5-3-2-4-6-15/h2-12,24H,1H3,(H,23,25). The second-order valence-corrected chi connectivity index (χ2v) is 8.41. The van der Waals surface area contributed by atoms with Gasteiger partial charge in [-0.25, -0.2) is 8.42 Å². The fourth-order valence-electron chi connectivity index (χ4n) is 2.52. The molecular weight excluding hydrogens is 435 g/mol. The molecule has 2 N–H and O–H groups in total. The van der Waals surface area contributed by atoms with Crippen molar-refractivity contribution in [1.29, 1.82) is 0 Å². The van der Waals surface area contributed by atoms with Gasteiger partial charge in [0.25, 0.3) is 15.9 Å². The summed E-state index contributed by atoms with van der Waals surface area (Å²) in [6.45, 7) is 0. The molecule has 0 radical (unpaired) electrons. The maximum absolute atomic E-state index is 12.5. The van der Waals surface area contributed by atoms with E-state index in [9.17, 15) is 13.2 Å². The van der Waals surface area contributed by atoms with Crippen LogP contribution in [0.2, 0.25) is 10.0 Å². The van der Waals surface area contributed by atoms with Gasteiger partial charge < -0.3 is 10.1 Å². The monoisotopic (exact) mass is 450 g/mol. The highest BCUT2D eigenvalue weighted by Gasteiger charge is 2.16. The third-order valence-electron chi connectivity index (χ3n) is 3.93. The number of methoxy groups -OCH3 is 1. The first kappa shape index (κ1) is 21.0. The van der Waals surface area contributed by atoms with Gasteiger partial charge in [0.2, 0.25) is 0 Å². The summed E-state index contributed by atoms with van der Waals surface area (Å²) in [6.07, 6.45) is 0. The molecule has 3 aromatic rings. The average molecular weight is 451 g/mol. The summed E-state index contributed by atoms with van der Waals surface area (Å²) in [5.74, 6) is 0.0199. The van der Waals surface area contributed by atoms with Crippen molar-refractivity contribution in [3.05, 3.63) is 82.3 Å². The van der Waals surface area contributed by atoms with E-state index in [0.717, 1.165) is 0 Å². The Morgan fingerprint density at radius 1 is 0.897 bits per heavy atom. The van der Waals surface area contributed by atoms with E-state index in [1.807, 2.05) is 0 Å². The molecule has 0 saturated heterocycles. The largest absolute Gasteiger partial charge is 0.495 e. The highest BCUT2D eigenvalue weighted by Crippen LogP contribution is 2.28. The van der Waals surface area contributed by atoms with Gasteiger partial charge in [-0.1, -0.05) is 41.4 Å². The molecule has 1 amide bonds. The summed E-state index contributed by atoms with van der Waals surface area (Å²) in [5, 5.41) is 3.12. The zero-order chi connectivity index (χ0) is 21.0. The van der Waals surface area contributed by atoms with Crippen LogP contribution >= 0.6 is 23.2 Å². The van der Waals surface area contributed by atoms with Gasteiger partial charge in [-0.15, -0.1) is 0 Å². The molecular formula is C20H16Cl2N2O4S. The molecule has 0 heterocycles. The van der Waals surface area contributed by atoms with Crippen molar-refractivity contribution >= 4 is 50.5 Å². The van der Waals surface area contributed by atoms with Crippen LogP contribution in [-0.2, 0) is 10.0 Å². The van der Waals surface area contributed by atoms with Crippen LogP contribution in [0.3, 0.4) is 0 Å². The van der Waals surface area contributed by atoms with Gasteiger partial charge in [-0.05, 0) is 48.5 Å². The molecule has 9 heteroatoms. The maximum atomic E-state index is 12.5. The minimum absolute atomic E-state index is 0.0929. The number of ether oxygens (including phenoxy) is 1. The summed E-state index contributed by atoms with van der Waals surface area (Å²) >= 11 is 12.3. The maximum Gasteiger partial charge on any atom is 0.261 e. The Labute approximate surface area is 178 Å². The minimum atomic E-state index is -3.76. The van der Waals surface area contributed by atoms with Gasteiger partial charge in [0, 0.05) is 5.69 Å². The van der Waals surface area contributed by atoms with E-state index < -0.39 is 15.9 Å². The van der Waals surface area contributed by atoms with Crippen LogP contribution in [0.5, 0.6) is 5.75 Å². The molecule has 3 rings (SSSR count). The second-order valence-electron chi connectivity index (χ2n) is 5.92. The lowest BCUT2D eigenvalue weighted by Crippen LogP contribution is -2.14. The number of halogens is 2. The number of carbonyl (C=O) groups excluding carboxylic acids is 1. The second kappa shape index (κ2) is 8.73. The summed E-state index contributed by atoms with van der Waals surface area (Å²) < 4.78 is 32.3. The molecule has 0 unspecified atom stereocenters. The Bertz CT molecular complexity index is 1150. The lowest BCUT2D eigenvalue weighted by molar-refractivity contribution is 0.102. The quantitative estimate of drug-likeness (QED) is 0.549. The predicted molar refractivity (Wildman–Crippen MR) is 115 cm³/mol. The van der Waals surface area contributed by atoms with Gasteiger partial charge >= 0.3 is 0 Å². The number of anilines is 2. The van der Waals surface area contributed by atoms with E-state index in [1.54, 1.807) is 36.4 Å². The Hall–Kier alpha value is -2.74. The fourth-order valence-corrected chi connectivity index (χ4v) is 4.11. The van der Waals surface area contributed by atoms with E-state index >= 15 is 0 Å². The average Bonchev–Trinajstić information content (AvgIpc) is 2.68. The summed E-state index contributed by atoms with van der Waals surface area (Å²) in [4.78, 5) is 12.6. The molecule has 29 heavy (non-hydrogen) atoms. The number of nitrogens with one attached hydrogen (secondary N) is 2. The first-order chi connectivity index (χ1) is 13.8. The molecule has 0 aliphatic heterocycles. The molecule has 6 nitrogen and oxygen atoms in total. The summed E-state index contributed by atoms with van der Waals surface area (Å²) in [6, 6.07) is 17.0. The molecule has 3 aromatic carbocycles. The Balaban J connectivity index is 1.77. The number of hydrogen-bond acceptors (Lipinski definition) is 4. The van der Waals surface area contributed by atoms with Crippen molar-refractivity contribution in [3.8, 4) is 5.75 Å². The molecule has 0 spiro atoms. The molecule has 0 aliphatic rings. The van der Waals surface area contributed by atoms with Crippen molar-refractivity contribution in [2.75, 3.05) is 17.1 Å². The summed E-state index contributed by atoms with van der Waals surface area (Å²) in [7, 11) is -2.27. The number of benzene rings is 3. The molecule has 0 saturated carbocycles. The highest BCUT2D eigenvalue weighted by molar-refractivity contribution is 7.92. The number of rotatable bonds is 6. The summed E-state index contributed by atoms with van der Waals surface area (Å²) in [5.41, 5.74) is 0.884. The predicted octanol–water partition coefficient (Wildman–Crippen LogP) is 5.06. The van der Waals surface area contributed by atoms with E-state index in [1.165, 1.54) is 37.4 Å². The van der Waals surface area contributed by atoms with Gasteiger partial charge in [0.15, 0.2) is 0 Å². The van der Waals surface area contributed by atoms with Crippen molar-refractivity contribution in [3.63, 3.8) is 0 Å². The van der Waals surface area contributed by atoms with Crippen LogP contribution < -0.4 is 14.8 Å². The first-order valence-corrected chi connectivity index (χ1v) is 10.6. The fraction of sp³-hybridized carbons (Fsp3) is 0.0500. The van der Waals surface area contributed by atoms with Crippen LogP contribution in [0.4, 0.5) is 11.4 Å². The molecule has 0 fully saturated rings. The Morgan fingerprint density at radius 2 is 1.55 bits per heavy atom. The molecule has 0 bridgehead atoms. The number of carbonyl (C=O) groups is 1. The smallest absolute Gasteiger partial charge is 0.261 e. The van der Waals surface area contributed by atoms with E-state index in [4.69, 9.17) is 27.9 Å². The van der Waals surface area contributed by atoms with E-state index in [2.05, 4.69) is 10.0 Å². The van der Waals surface area contributed by atoms with Crippen molar-refractivity contribution < 1.29 is 17.9 Å². The zero-order valence-corrected chi connectivity index (χ0v) is 17.5. The van der Waals surface area contributed by atoms with Crippen molar-refractivity contribution in [1.82, 2.24) is 0 Å². The SMILES string of the molecule is COc1ccc(NC(=O)c2ccc(NS(=O)(=O)c3ccccc3)cc2Cl)cc1Cl. The van der Waals surface area contributed by atoms with Gasteiger partial charge in [-0.2, -0.15) is 0 Å². The third kappa shape index (κ3) is 5.00. The number of amides is 1. The van der Waals surface area contributed by atoms with Crippen LogP contribution in [0.15, 0.2) is 71.6 Å². The zero-order valence-electron chi connectivity index (χ0n) is 15.1. The number of hydrogen-bond donors (Lipinski definition) is 2. The minimum Gasteiger partial charge on any atom is -0.495 e. The van der Waals surface area contributed by atoms with Gasteiger partial charge in [-0.3, -0.25) is 9.52 Å². The topological polar surface area (TPSA) is 84.5 Å². The van der Waals surface area contributed by atoms with E-state index in [0.29, 0.717) is 16.5 Å². The van der Waals surface area contributed by atoms with Gasteiger partial charge in [0.1, 0.15) is 5.75 Å². The van der Waals surface area contributed by atoms with Crippen LogP contribution in [0, 0.1) is 0 Å². The Kier molecular flexibility index (Phi) is 6.32. The van der Waals surface area contributed by atoms with Crippen LogP contribution in [-0.4, -0.2) is 21.4 Å². The molecule has 0 aromatic heterocycles. The van der Waals surface area contributed by atoms with E-state index in [-0.39, 0.29) is 21.2 Å².